The fraction of sp³-hybridized carbons (Fsp3) is 0.250. The highest BCUT2D eigenvalue weighted by molar-refractivity contribution is 7.89. The lowest BCUT2D eigenvalue weighted by Crippen LogP contribution is -2.32. The van der Waals surface area contributed by atoms with Gasteiger partial charge in [-0.3, -0.25) is 4.98 Å². The molecule has 26 heavy (non-hydrogen) atoms. The van der Waals surface area contributed by atoms with Crippen LogP contribution < -0.4 is 5.73 Å². The molecule has 0 aliphatic carbocycles. The third-order valence-corrected chi connectivity index (χ3v) is 7.00. The minimum Gasteiger partial charge on any atom is -0.326 e. The van der Waals surface area contributed by atoms with Gasteiger partial charge in [0, 0.05) is 36.6 Å². The molecule has 0 spiro atoms. The van der Waals surface area contributed by atoms with E-state index in [9.17, 15) is 8.42 Å². The van der Waals surface area contributed by atoms with Gasteiger partial charge in [-0.15, -0.1) is 0 Å². The molecule has 1 aromatic heterocycles. The van der Waals surface area contributed by atoms with E-state index in [2.05, 4.69) is 4.98 Å². The Morgan fingerprint density at radius 3 is 2.58 bits per heavy atom. The van der Waals surface area contributed by atoms with Crippen LogP contribution in [0.5, 0.6) is 0 Å². The summed E-state index contributed by atoms with van der Waals surface area (Å²) in [7, 11) is -3.64. The quantitative estimate of drug-likeness (QED) is 0.772. The van der Waals surface area contributed by atoms with Crippen molar-refractivity contribution in [3.8, 4) is 0 Å². The molecule has 1 aliphatic heterocycles. The smallest absolute Gasteiger partial charge is 0.243 e. The molecule has 5 nitrogen and oxygen atoms in total. The van der Waals surface area contributed by atoms with Gasteiger partial charge in [0.05, 0.1) is 10.4 Å². The normalized spacial score (nSPS) is 21.3. The zero-order chi connectivity index (χ0) is 18.3. The zero-order valence-corrected chi connectivity index (χ0v) is 15.4. The van der Waals surface area contributed by atoms with Crippen LogP contribution in [-0.2, 0) is 10.0 Å². The van der Waals surface area contributed by atoms with Crippen LogP contribution in [-0.4, -0.2) is 36.8 Å². The molecule has 4 rings (SSSR count). The van der Waals surface area contributed by atoms with Crippen molar-refractivity contribution < 1.29 is 8.42 Å². The Kier molecular flexibility index (Phi) is 4.26. The lowest BCUT2D eigenvalue weighted by molar-refractivity contribution is 0.471. The van der Waals surface area contributed by atoms with Crippen molar-refractivity contribution in [2.75, 3.05) is 13.1 Å². The van der Waals surface area contributed by atoms with E-state index in [1.165, 1.54) is 4.31 Å². The standard InChI is InChI=1S/C20H21N3O2S/c1-14-9-10-19(16-8-5-11-22-20(14)16)26(24,25)23-12-17(18(21)13-23)15-6-3-2-4-7-15/h2-11,17-18H,12-13,21H2,1H3/t17-,18+/m0/s1. The first-order valence-corrected chi connectivity index (χ1v) is 10.1. The summed E-state index contributed by atoms with van der Waals surface area (Å²) in [5.74, 6) is 0.000752. The van der Waals surface area contributed by atoms with E-state index in [-0.39, 0.29) is 12.0 Å². The molecule has 0 bridgehead atoms. The summed E-state index contributed by atoms with van der Waals surface area (Å²) in [5.41, 5.74) is 9.05. The van der Waals surface area contributed by atoms with Crippen LogP contribution in [0.1, 0.15) is 17.0 Å². The number of rotatable bonds is 3. The summed E-state index contributed by atoms with van der Waals surface area (Å²) in [5, 5.41) is 0.657. The molecule has 2 atom stereocenters. The largest absolute Gasteiger partial charge is 0.326 e. The summed E-state index contributed by atoms with van der Waals surface area (Å²) >= 11 is 0. The number of sulfonamides is 1. The maximum atomic E-state index is 13.3. The van der Waals surface area contributed by atoms with Gasteiger partial charge in [0.1, 0.15) is 0 Å². The van der Waals surface area contributed by atoms with E-state index in [0.717, 1.165) is 16.6 Å². The molecule has 6 heteroatoms. The van der Waals surface area contributed by atoms with Gasteiger partial charge in [0.15, 0.2) is 0 Å². The summed E-state index contributed by atoms with van der Waals surface area (Å²) < 4.78 is 28.2. The number of aryl methyl sites for hydroxylation is 1. The van der Waals surface area contributed by atoms with Crippen LogP contribution >= 0.6 is 0 Å². The number of nitrogens with zero attached hydrogens (tertiary/aromatic N) is 2. The van der Waals surface area contributed by atoms with E-state index in [4.69, 9.17) is 5.73 Å². The van der Waals surface area contributed by atoms with Gasteiger partial charge in [-0.25, -0.2) is 8.42 Å². The van der Waals surface area contributed by atoms with Crippen LogP contribution in [0.3, 0.4) is 0 Å². The first-order valence-electron chi connectivity index (χ1n) is 8.63. The Labute approximate surface area is 153 Å². The van der Waals surface area contributed by atoms with Gasteiger partial charge in [-0.2, -0.15) is 4.31 Å². The van der Waals surface area contributed by atoms with Gasteiger partial charge < -0.3 is 5.73 Å². The molecule has 2 heterocycles. The Morgan fingerprint density at radius 1 is 1.04 bits per heavy atom. The Hall–Kier alpha value is -2.28. The molecule has 0 radical (unpaired) electrons. The minimum absolute atomic E-state index is 0.000752. The number of hydrogen-bond donors (Lipinski definition) is 1. The maximum Gasteiger partial charge on any atom is 0.243 e. The topological polar surface area (TPSA) is 76.3 Å². The number of nitrogens with two attached hydrogens (primary N) is 1. The summed E-state index contributed by atoms with van der Waals surface area (Å²) in [6, 6.07) is 16.7. The second kappa shape index (κ2) is 6.46. The van der Waals surface area contributed by atoms with Gasteiger partial charge in [-0.05, 0) is 36.2 Å². The van der Waals surface area contributed by atoms with Crippen molar-refractivity contribution in [2.24, 2.45) is 5.73 Å². The van der Waals surface area contributed by atoms with E-state index >= 15 is 0 Å². The van der Waals surface area contributed by atoms with Crippen molar-refractivity contribution in [3.05, 3.63) is 71.9 Å². The van der Waals surface area contributed by atoms with Crippen LogP contribution in [0.4, 0.5) is 0 Å². The van der Waals surface area contributed by atoms with Gasteiger partial charge >= 0.3 is 0 Å². The highest BCUT2D eigenvalue weighted by atomic mass is 32.2. The van der Waals surface area contributed by atoms with Gasteiger partial charge in [-0.1, -0.05) is 36.4 Å². The van der Waals surface area contributed by atoms with E-state index < -0.39 is 10.0 Å². The average molecular weight is 367 g/mol. The molecule has 3 aromatic rings. The van der Waals surface area contributed by atoms with Crippen molar-refractivity contribution in [3.63, 3.8) is 0 Å². The molecular formula is C20H21N3O2S. The van der Waals surface area contributed by atoms with Crippen molar-refractivity contribution >= 4 is 20.9 Å². The predicted octanol–water partition coefficient (Wildman–Crippen LogP) is 2.66. The van der Waals surface area contributed by atoms with Crippen molar-refractivity contribution in [2.45, 2.75) is 23.8 Å². The van der Waals surface area contributed by atoms with E-state index in [0.29, 0.717) is 23.4 Å². The summed E-state index contributed by atoms with van der Waals surface area (Å²) in [6.45, 7) is 2.64. The van der Waals surface area contributed by atoms with Gasteiger partial charge in [0.2, 0.25) is 10.0 Å². The third kappa shape index (κ3) is 2.80. The lowest BCUT2D eigenvalue weighted by Gasteiger charge is -2.18. The molecule has 1 saturated heterocycles. The lowest BCUT2D eigenvalue weighted by atomic mass is 9.95. The number of fused-ring (bicyclic) bond motifs is 1. The molecule has 0 unspecified atom stereocenters. The number of hydrogen-bond acceptors (Lipinski definition) is 4. The molecular weight excluding hydrogens is 346 g/mol. The molecule has 0 amide bonds. The van der Waals surface area contributed by atoms with E-state index in [1.807, 2.05) is 49.4 Å². The zero-order valence-electron chi connectivity index (χ0n) is 14.5. The molecule has 2 aromatic carbocycles. The molecule has 0 saturated carbocycles. The Morgan fingerprint density at radius 2 is 1.81 bits per heavy atom. The molecule has 2 N–H and O–H groups in total. The van der Waals surface area contributed by atoms with Crippen molar-refractivity contribution in [1.29, 1.82) is 0 Å². The second-order valence-corrected chi connectivity index (χ2v) is 8.69. The first-order chi connectivity index (χ1) is 12.5. The van der Waals surface area contributed by atoms with Crippen molar-refractivity contribution in [1.82, 2.24) is 9.29 Å². The number of pyridine rings is 1. The molecule has 1 fully saturated rings. The van der Waals surface area contributed by atoms with Crippen LogP contribution in [0.15, 0.2) is 65.7 Å². The summed E-state index contributed by atoms with van der Waals surface area (Å²) in [4.78, 5) is 4.65. The summed E-state index contributed by atoms with van der Waals surface area (Å²) in [6.07, 6.45) is 1.68. The highest BCUT2D eigenvalue weighted by Gasteiger charge is 2.38. The van der Waals surface area contributed by atoms with E-state index in [1.54, 1.807) is 18.3 Å². The molecule has 134 valence electrons. The van der Waals surface area contributed by atoms with Gasteiger partial charge in [0.25, 0.3) is 0 Å². The number of benzene rings is 2. The predicted molar refractivity (Wildman–Crippen MR) is 102 cm³/mol. The monoisotopic (exact) mass is 367 g/mol. The Bertz CT molecular complexity index is 1050. The second-order valence-electron chi connectivity index (χ2n) is 6.78. The fourth-order valence-electron chi connectivity index (χ4n) is 3.69. The van der Waals surface area contributed by atoms with Crippen LogP contribution in [0, 0.1) is 6.92 Å². The highest BCUT2D eigenvalue weighted by Crippen LogP contribution is 2.33. The Balaban J connectivity index is 1.74. The maximum absolute atomic E-state index is 13.3. The molecule has 1 aliphatic rings. The van der Waals surface area contributed by atoms with Crippen LogP contribution in [0.2, 0.25) is 0 Å². The van der Waals surface area contributed by atoms with Crippen LogP contribution in [0.25, 0.3) is 10.9 Å². The average Bonchev–Trinajstić information content (AvgIpc) is 3.05. The minimum atomic E-state index is -3.64. The fourth-order valence-corrected chi connectivity index (χ4v) is 5.38. The third-order valence-electron chi connectivity index (χ3n) is 5.11. The first kappa shape index (κ1) is 17.1. The number of aromatic nitrogens is 1. The SMILES string of the molecule is Cc1ccc(S(=O)(=O)N2C[C@@H](N)[C@H](c3ccccc3)C2)c2cccnc12.